The van der Waals surface area contributed by atoms with Gasteiger partial charge in [0, 0.05) is 6.54 Å². The molecule has 4 nitrogen and oxygen atoms in total. The summed E-state index contributed by atoms with van der Waals surface area (Å²) in [5.74, 6) is 1.28. The second-order valence-corrected chi connectivity index (χ2v) is 5.30. The molecule has 1 atom stereocenters. The number of ether oxygens (including phenoxy) is 2. The molecule has 0 bridgehead atoms. The maximum absolute atomic E-state index is 11.3. The fourth-order valence-corrected chi connectivity index (χ4v) is 1.65. The van der Waals surface area contributed by atoms with Crippen molar-refractivity contribution in [3.05, 3.63) is 29.8 Å². The van der Waals surface area contributed by atoms with Gasteiger partial charge in [0.2, 0.25) is 0 Å². The number of nitrogens with one attached hydrogen (secondary N) is 1. The van der Waals surface area contributed by atoms with Crippen molar-refractivity contribution in [2.45, 2.75) is 39.8 Å². The Kier molecular flexibility index (Phi) is 7.09. The summed E-state index contributed by atoms with van der Waals surface area (Å²) >= 11 is 0. The minimum Gasteiger partial charge on any atom is -0.494 e. The summed E-state index contributed by atoms with van der Waals surface area (Å²) in [6.07, 6.45) is 1.06. The number of hydrogen-bond donors (Lipinski definition) is 1. The first-order valence-electron chi connectivity index (χ1n) is 7.06. The van der Waals surface area contributed by atoms with E-state index in [1.807, 2.05) is 24.3 Å². The van der Waals surface area contributed by atoms with Crippen LogP contribution >= 0.6 is 0 Å². The van der Waals surface area contributed by atoms with Gasteiger partial charge in [-0.1, -0.05) is 26.0 Å². The van der Waals surface area contributed by atoms with E-state index in [-0.39, 0.29) is 12.0 Å². The molecule has 112 valence electrons. The zero-order valence-electron chi connectivity index (χ0n) is 12.8. The maximum Gasteiger partial charge on any atom is 0.322 e. The third-order valence-corrected chi connectivity index (χ3v) is 3.05. The van der Waals surface area contributed by atoms with Crippen molar-refractivity contribution in [1.29, 1.82) is 0 Å². The molecular weight excluding hydrogens is 254 g/mol. The number of esters is 1. The van der Waals surface area contributed by atoms with Crippen molar-refractivity contribution in [2.24, 2.45) is 5.92 Å². The van der Waals surface area contributed by atoms with Crippen molar-refractivity contribution in [3.63, 3.8) is 0 Å². The van der Waals surface area contributed by atoms with E-state index in [4.69, 9.17) is 4.74 Å². The molecule has 0 spiro atoms. The number of carbonyl (C=O) groups excluding carboxylic acids is 1. The van der Waals surface area contributed by atoms with Crippen molar-refractivity contribution in [1.82, 2.24) is 5.32 Å². The molecule has 0 aliphatic rings. The Morgan fingerprint density at radius 2 is 1.85 bits per heavy atom. The fraction of sp³-hybridized carbons (Fsp3) is 0.562. The first kappa shape index (κ1) is 16.5. The number of benzene rings is 1. The van der Waals surface area contributed by atoms with Crippen molar-refractivity contribution < 1.29 is 14.3 Å². The van der Waals surface area contributed by atoms with Gasteiger partial charge in [0.1, 0.15) is 11.8 Å². The standard InChI is InChI=1S/C16H25NO3/c1-12(2)9-10-20-15-7-5-14(6-8-15)11-17-13(3)16(18)19-4/h5-8,12-13,17H,9-11H2,1-4H3/t13-/m0/s1. The largest absolute Gasteiger partial charge is 0.494 e. The van der Waals surface area contributed by atoms with Crippen LogP contribution in [0.1, 0.15) is 32.8 Å². The minimum atomic E-state index is -0.304. The molecule has 0 unspecified atom stereocenters. The molecular formula is C16H25NO3. The third kappa shape index (κ3) is 6.06. The first-order valence-corrected chi connectivity index (χ1v) is 7.06. The SMILES string of the molecule is COC(=O)[C@H](C)NCc1ccc(OCCC(C)C)cc1. The van der Waals surface area contributed by atoms with E-state index < -0.39 is 0 Å². The topological polar surface area (TPSA) is 47.6 Å². The smallest absolute Gasteiger partial charge is 0.322 e. The van der Waals surface area contributed by atoms with Crippen LogP contribution in [0.5, 0.6) is 5.75 Å². The zero-order valence-corrected chi connectivity index (χ0v) is 12.8. The monoisotopic (exact) mass is 279 g/mol. The average Bonchev–Trinajstić information content (AvgIpc) is 2.44. The molecule has 1 aromatic carbocycles. The summed E-state index contributed by atoms with van der Waals surface area (Å²) < 4.78 is 10.3. The van der Waals surface area contributed by atoms with Gasteiger partial charge in [0.15, 0.2) is 0 Å². The molecule has 0 saturated heterocycles. The lowest BCUT2D eigenvalue weighted by Gasteiger charge is -2.12. The Morgan fingerprint density at radius 1 is 1.20 bits per heavy atom. The van der Waals surface area contributed by atoms with E-state index in [9.17, 15) is 4.79 Å². The highest BCUT2D eigenvalue weighted by atomic mass is 16.5. The molecule has 0 radical (unpaired) electrons. The molecule has 0 aliphatic heterocycles. The highest BCUT2D eigenvalue weighted by molar-refractivity contribution is 5.75. The van der Waals surface area contributed by atoms with Gasteiger partial charge < -0.3 is 14.8 Å². The van der Waals surface area contributed by atoms with Crippen LogP contribution in [0.3, 0.4) is 0 Å². The summed E-state index contributed by atoms with van der Waals surface area (Å²) in [5.41, 5.74) is 1.11. The molecule has 0 aliphatic carbocycles. The summed E-state index contributed by atoms with van der Waals surface area (Å²) in [5, 5.41) is 3.11. The maximum atomic E-state index is 11.3. The van der Waals surface area contributed by atoms with Gasteiger partial charge in [-0.25, -0.2) is 0 Å². The van der Waals surface area contributed by atoms with Gasteiger partial charge in [-0.05, 0) is 37.0 Å². The highest BCUT2D eigenvalue weighted by Gasteiger charge is 2.11. The predicted octanol–water partition coefficient (Wildman–Crippen LogP) is 2.76. The van der Waals surface area contributed by atoms with Crippen LogP contribution in [-0.2, 0) is 16.1 Å². The number of rotatable bonds is 8. The summed E-state index contributed by atoms with van der Waals surface area (Å²) in [6, 6.07) is 7.62. The molecule has 0 aromatic heterocycles. The van der Waals surface area contributed by atoms with Gasteiger partial charge in [-0.3, -0.25) is 4.79 Å². The molecule has 0 saturated carbocycles. The van der Waals surface area contributed by atoms with Gasteiger partial charge in [-0.15, -0.1) is 0 Å². The number of hydrogen-bond acceptors (Lipinski definition) is 4. The fourth-order valence-electron chi connectivity index (χ4n) is 1.65. The van der Waals surface area contributed by atoms with Crippen LogP contribution in [0.2, 0.25) is 0 Å². The second-order valence-electron chi connectivity index (χ2n) is 5.30. The Labute approximate surface area is 121 Å². The van der Waals surface area contributed by atoms with Crippen LogP contribution in [0.4, 0.5) is 0 Å². The van der Waals surface area contributed by atoms with Crippen LogP contribution < -0.4 is 10.1 Å². The molecule has 1 aromatic rings. The zero-order chi connectivity index (χ0) is 15.0. The van der Waals surface area contributed by atoms with Crippen LogP contribution in [0, 0.1) is 5.92 Å². The van der Waals surface area contributed by atoms with E-state index in [2.05, 4.69) is 23.9 Å². The summed E-state index contributed by atoms with van der Waals surface area (Å²) in [4.78, 5) is 11.3. The van der Waals surface area contributed by atoms with Crippen LogP contribution in [-0.4, -0.2) is 25.7 Å². The molecule has 0 fully saturated rings. The van der Waals surface area contributed by atoms with Crippen molar-refractivity contribution in [3.8, 4) is 5.75 Å². The Bertz CT molecular complexity index is 401. The number of methoxy groups -OCH3 is 1. The lowest BCUT2D eigenvalue weighted by molar-refractivity contribution is -0.142. The highest BCUT2D eigenvalue weighted by Crippen LogP contribution is 2.13. The average molecular weight is 279 g/mol. The third-order valence-electron chi connectivity index (χ3n) is 3.05. The molecule has 20 heavy (non-hydrogen) atoms. The Balaban J connectivity index is 2.37. The van der Waals surface area contributed by atoms with E-state index in [0.717, 1.165) is 24.3 Å². The van der Waals surface area contributed by atoms with Gasteiger partial charge >= 0.3 is 5.97 Å². The van der Waals surface area contributed by atoms with E-state index in [1.54, 1.807) is 6.92 Å². The van der Waals surface area contributed by atoms with Gasteiger partial charge in [0.25, 0.3) is 0 Å². The quantitative estimate of drug-likeness (QED) is 0.743. The van der Waals surface area contributed by atoms with Crippen molar-refractivity contribution in [2.75, 3.05) is 13.7 Å². The van der Waals surface area contributed by atoms with Gasteiger partial charge in [-0.2, -0.15) is 0 Å². The van der Waals surface area contributed by atoms with Crippen molar-refractivity contribution >= 4 is 5.97 Å². The van der Waals surface area contributed by atoms with E-state index >= 15 is 0 Å². The van der Waals surface area contributed by atoms with Crippen LogP contribution in [0.25, 0.3) is 0 Å². The van der Waals surface area contributed by atoms with E-state index in [0.29, 0.717) is 12.5 Å². The lowest BCUT2D eigenvalue weighted by atomic mass is 10.1. The minimum absolute atomic E-state index is 0.251. The summed E-state index contributed by atoms with van der Waals surface area (Å²) in [6.45, 7) is 7.52. The second kappa shape index (κ2) is 8.59. The molecule has 0 amide bonds. The molecule has 1 rings (SSSR count). The molecule has 1 N–H and O–H groups in total. The van der Waals surface area contributed by atoms with Crippen LogP contribution in [0.15, 0.2) is 24.3 Å². The molecule has 0 heterocycles. The first-order chi connectivity index (χ1) is 9.52. The normalized spacial score (nSPS) is 12.2. The Morgan fingerprint density at radius 3 is 2.40 bits per heavy atom. The van der Waals surface area contributed by atoms with Gasteiger partial charge in [0.05, 0.1) is 13.7 Å². The lowest BCUT2D eigenvalue weighted by Crippen LogP contribution is -2.34. The number of carbonyl (C=O) groups is 1. The molecule has 4 heteroatoms. The summed E-state index contributed by atoms with van der Waals surface area (Å²) in [7, 11) is 1.39. The Hall–Kier alpha value is -1.55. The van der Waals surface area contributed by atoms with E-state index in [1.165, 1.54) is 7.11 Å². The predicted molar refractivity (Wildman–Crippen MR) is 79.7 cm³/mol.